The number of nitrogens with one attached hydrogen (secondary N) is 2. The summed E-state index contributed by atoms with van der Waals surface area (Å²) in [5.41, 5.74) is 2.64. The standard InChI is InChI=1S/C14H22N4O/c1-11-4-5-13(12(2)16-11)17-14(19)10-18-8-3-6-15-7-9-18/h4-5,15H,3,6-10H2,1-2H3,(H,17,19). The second-order valence-electron chi connectivity index (χ2n) is 5.01. The number of amides is 1. The molecule has 1 aliphatic heterocycles. The first kappa shape index (κ1) is 14.0. The fourth-order valence-electron chi connectivity index (χ4n) is 2.27. The van der Waals surface area contributed by atoms with Crippen molar-refractivity contribution in [3.05, 3.63) is 23.5 Å². The van der Waals surface area contributed by atoms with Crippen LogP contribution < -0.4 is 10.6 Å². The van der Waals surface area contributed by atoms with Gasteiger partial charge >= 0.3 is 0 Å². The molecule has 1 saturated heterocycles. The molecule has 0 radical (unpaired) electrons. The summed E-state index contributed by atoms with van der Waals surface area (Å²) in [7, 11) is 0. The highest BCUT2D eigenvalue weighted by atomic mass is 16.2. The van der Waals surface area contributed by atoms with Gasteiger partial charge in [0.15, 0.2) is 0 Å². The zero-order valence-electron chi connectivity index (χ0n) is 11.7. The SMILES string of the molecule is Cc1ccc(NC(=O)CN2CCCNCC2)c(C)n1. The highest BCUT2D eigenvalue weighted by Crippen LogP contribution is 2.12. The van der Waals surface area contributed by atoms with Crippen LogP contribution in [0.5, 0.6) is 0 Å². The Kier molecular flexibility index (Phi) is 4.87. The minimum atomic E-state index is 0.0376. The van der Waals surface area contributed by atoms with E-state index in [0.717, 1.165) is 49.7 Å². The number of pyridine rings is 1. The molecule has 2 N–H and O–H groups in total. The van der Waals surface area contributed by atoms with E-state index in [0.29, 0.717) is 6.54 Å². The van der Waals surface area contributed by atoms with Gasteiger partial charge in [0.1, 0.15) is 0 Å². The molecule has 104 valence electrons. The molecule has 1 amide bonds. The smallest absolute Gasteiger partial charge is 0.238 e. The van der Waals surface area contributed by atoms with Gasteiger partial charge in [-0.25, -0.2) is 0 Å². The van der Waals surface area contributed by atoms with Crippen molar-refractivity contribution in [1.82, 2.24) is 15.2 Å². The zero-order valence-corrected chi connectivity index (χ0v) is 11.7. The maximum Gasteiger partial charge on any atom is 0.238 e. The highest BCUT2D eigenvalue weighted by Gasteiger charge is 2.13. The van der Waals surface area contributed by atoms with E-state index in [1.165, 1.54) is 0 Å². The quantitative estimate of drug-likeness (QED) is 0.851. The van der Waals surface area contributed by atoms with Crippen LogP contribution in [-0.2, 0) is 4.79 Å². The highest BCUT2D eigenvalue weighted by molar-refractivity contribution is 5.92. The molecule has 2 heterocycles. The first-order chi connectivity index (χ1) is 9.15. The van der Waals surface area contributed by atoms with E-state index < -0.39 is 0 Å². The molecule has 0 unspecified atom stereocenters. The van der Waals surface area contributed by atoms with E-state index in [9.17, 15) is 4.79 Å². The molecule has 0 saturated carbocycles. The lowest BCUT2D eigenvalue weighted by Gasteiger charge is -2.19. The number of aromatic nitrogens is 1. The number of carbonyl (C=O) groups is 1. The number of rotatable bonds is 3. The second-order valence-corrected chi connectivity index (χ2v) is 5.01. The van der Waals surface area contributed by atoms with E-state index in [-0.39, 0.29) is 5.91 Å². The zero-order chi connectivity index (χ0) is 13.7. The number of anilines is 1. The molecule has 5 heteroatoms. The van der Waals surface area contributed by atoms with Crippen molar-refractivity contribution in [2.45, 2.75) is 20.3 Å². The fourth-order valence-corrected chi connectivity index (χ4v) is 2.27. The molecule has 1 aliphatic rings. The molecular formula is C14H22N4O. The molecule has 19 heavy (non-hydrogen) atoms. The maximum atomic E-state index is 12.0. The predicted molar refractivity (Wildman–Crippen MR) is 76.3 cm³/mol. The van der Waals surface area contributed by atoms with Crippen LogP contribution in [0, 0.1) is 13.8 Å². The molecular weight excluding hydrogens is 240 g/mol. The summed E-state index contributed by atoms with van der Waals surface area (Å²) in [6.07, 6.45) is 1.10. The minimum absolute atomic E-state index is 0.0376. The predicted octanol–water partition coefficient (Wildman–Crippen LogP) is 0.932. The van der Waals surface area contributed by atoms with Crippen molar-refractivity contribution in [2.24, 2.45) is 0 Å². The van der Waals surface area contributed by atoms with Crippen molar-refractivity contribution < 1.29 is 4.79 Å². The third-order valence-electron chi connectivity index (χ3n) is 3.30. The molecule has 2 rings (SSSR count). The van der Waals surface area contributed by atoms with Crippen LogP contribution in [0.1, 0.15) is 17.8 Å². The van der Waals surface area contributed by atoms with Crippen LogP contribution in [0.25, 0.3) is 0 Å². The Bertz CT molecular complexity index is 439. The van der Waals surface area contributed by atoms with Crippen LogP contribution in [0.2, 0.25) is 0 Å². The van der Waals surface area contributed by atoms with Crippen molar-refractivity contribution >= 4 is 11.6 Å². The Morgan fingerprint density at radius 3 is 3.00 bits per heavy atom. The summed E-state index contributed by atoms with van der Waals surface area (Å²) in [5.74, 6) is 0.0376. The summed E-state index contributed by atoms with van der Waals surface area (Å²) in [5, 5.41) is 6.27. The van der Waals surface area contributed by atoms with Gasteiger partial charge in [-0.2, -0.15) is 0 Å². The van der Waals surface area contributed by atoms with Crippen LogP contribution in [0.4, 0.5) is 5.69 Å². The van der Waals surface area contributed by atoms with Gasteiger partial charge in [-0.15, -0.1) is 0 Å². The van der Waals surface area contributed by atoms with Crippen molar-refractivity contribution in [3.8, 4) is 0 Å². The molecule has 1 aromatic rings. The van der Waals surface area contributed by atoms with Gasteiger partial charge < -0.3 is 10.6 Å². The lowest BCUT2D eigenvalue weighted by atomic mass is 10.2. The van der Waals surface area contributed by atoms with E-state index in [1.54, 1.807) is 0 Å². The van der Waals surface area contributed by atoms with Crippen LogP contribution in [-0.4, -0.2) is 48.5 Å². The Labute approximate surface area is 114 Å². The summed E-state index contributed by atoms with van der Waals surface area (Å²) in [6, 6.07) is 3.83. The van der Waals surface area contributed by atoms with Gasteiger partial charge in [0.2, 0.25) is 5.91 Å². The second kappa shape index (κ2) is 6.63. The normalized spacial score (nSPS) is 16.9. The van der Waals surface area contributed by atoms with Gasteiger partial charge in [0.25, 0.3) is 0 Å². The first-order valence-corrected chi connectivity index (χ1v) is 6.82. The largest absolute Gasteiger partial charge is 0.323 e. The average Bonchev–Trinajstić information content (AvgIpc) is 2.61. The molecule has 5 nitrogen and oxygen atoms in total. The number of hydrogen-bond donors (Lipinski definition) is 2. The van der Waals surface area contributed by atoms with E-state index >= 15 is 0 Å². The molecule has 0 aromatic carbocycles. The Morgan fingerprint density at radius 2 is 2.21 bits per heavy atom. The van der Waals surface area contributed by atoms with Crippen molar-refractivity contribution in [3.63, 3.8) is 0 Å². The lowest BCUT2D eigenvalue weighted by molar-refractivity contribution is -0.117. The minimum Gasteiger partial charge on any atom is -0.323 e. The monoisotopic (exact) mass is 262 g/mol. The Morgan fingerprint density at radius 1 is 1.37 bits per heavy atom. The number of nitrogens with zero attached hydrogens (tertiary/aromatic N) is 2. The molecule has 0 aliphatic carbocycles. The molecule has 0 atom stereocenters. The summed E-state index contributed by atoms with van der Waals surface area (Å²) in [6.45, 7) is 8.22. The molecule has 0 spiro atoms. The molecule has 0 bridgehead atoms. The van der Waals surface area contributed by atoms with Crippen molar-refractivity contribution in [1.29, 1.82) is 0 Å². The van der Waals surface area contributed by atoms with Crippen LogP contribution >= 0.6 is 0 Å². The Hall–Kier alpha value is -1.46. The third kappa shape index (κ3) is 4.29. The first-order valence-electron chi connectivity index (χ1n) is 6.82. The molecule has 1 fully saturated rings. The van der Waals surface area contributed by atoms with Crippen molar-refractivity contribution in [2.75, 3.05) is 38.0 Å². The number of hydrogen-bond acceptors (Lipinski definition) is 4. The van der Waals surface area contributed by atoms with Gasteiger partial charge in [-0.05, 0) is 45.5 Å². The van der Waals surface area contributed by atoms with Gasteiger partial charge in [-0.1, -0.05) is 0 Å². The fraction of sp³-hybridized carbons (Fsp3) is 0.571. The van der Waals surface area contributed by atoms with E-state index in [2.05, 4.69) is 20.5 Å². The number of aryl methyl sites for hydroxylation is 2. The lowest BCUT2D eigenvalue weighted by Crippen LogP contribution is -2.35. The summed E-state index contributed by atoms with van der Waals surface area (Å²) in [4.78, 5) is 18.6. The van der Waals surface area contributed by atoms with E-state index in [1.807, 2.05) is 26.0 Å². The summed E-state index contributed by atoms with van der Waals surface area (Å²) < 4.78 is 0. The average molecular weight is 262 g/mol. The molecule has 1 aromatic heterocycles. The topological polar surface area (TPSA) is 57.3 Å². The van der Waals surface area contributed by atoms with Gasteiger partial charge in [-0.3, -0.25) is 14.7 Å². The maximum absolute atomic E-state index is 12.0. The van der Waals surface area contributed by atoms with Gasteiger partial charge in [0.05, 0.1) is 17.9 Å². The van der Waals surface area contributed by atoms with Gasteiger partial charge in [0, 0.05) is 18.8 Å². The number of carbonyl (C=O) groups excluding carboxylic acids is 1. The van der Waals surface area contributed by atoms with Crippen LogP contribution in [0.3, 0.4) is 0 Å². The Balaban J connectivity index is 1.89. The summed E-state index contributed by atoms with van der Waals surface area (Å²) >= 11 is 0. The van der Waals surface area contributed by atoms with Crippen LogP contribution in [0.15, 0.2) is 12.1 Å². The third-order valence-corrected chi connectivity index (χ3v) is 3.30. The van der Waals surface area contributed by atoms with E-state index in [4.69, 9.17) is 0 Å².